The molecule has 0 saturated heterocycles. The van der Waals surface area contributed by atoms with Gasteiger partial charge in [0.15, 0.2) is 5.17 Å². The number of hydrogen-bond donors (Lipinski definition) is 3. The number of hydrazone groups is 1. The van der Waals surface area contributed by atoms with Gasteiger partial charge in [0.05, 0.1) is 22.9 Å². The number of halogens is 1. The SMILES string of the molecule is CC(C)NN1N=C(Cl)C(N)=C(C(C)(C)C#N)N1. The van der Waals surface area contributed by atoms with Gasteiger partial charge in [-0.1, -0.05) is 11.6 Å². The maximum atomic E-state index is 9.12. The predicted octanol–water partition coefficient (Wildman–Crippen LogP) is 0.992. The van der Waals surface area contributed by atoms with Crippen molar-refractivity contribution in [3.63, 3.8) is 0 Å². The third kappa shape index (κ3) is 3.02. The summed E-state index contributed by atoms with van der Waals surface area (Å²) in [6.45, 7) is 7.43. The fourth-order valence-electron chi connectivity index (χ4n) is 1.27. The highest BCUT2D eigenvalue weighted by molar-refractivity contribution is 6.69. The molecule has 0 bridgehead atoms. The quantitative estimate of drug-likeness (QED) is 0.701. The zero-order valence-electron chi connectivity index (χ0n) is 10.4. The van der Waals surface area contributed by atoms with Gasteiger partial charge in [0.25, 0.3) is 0 Å². The molecule has 1 rings (SSSR count). The van der Waals surface area contributed by atoms with E-state index in [0.717, 1.165) is 0 Å². The first-order chi connectivity index (χ1) is 7.77. The van der Waals surface area contributed by atoms with Gasteiger partial charge in [0, 0.05) is 6.04 Å². The van der Waals surface area contributed by atoms with Crippen LogP contribution in [0.1, 0.15) is 27.7 Å². The van der Waals surface area contributed by atoms with Gasteiger partial charge in [0.1, 0.15) is 0 Å². The van der Waals surface area contributed by atoms with E-state index in [1.807, 2.05) is 13.8 Å². The highest BCUT2D eigenvalue weighted by Gasteiger charge is 2.31. The number of hydrogen-bond acceptors (Lipinski definition) is 6. The van der Waals surface area contributed by atoms with Crippen LogP contribution in [0, 0.1) is 16.7 Å². The fraction of sp³-hybridized carbons (Fsp3) is 0.600. The van der Waals surface area contributed by atoms with Crippen LogP contribution in [-0.2, 0) is 0 Å². The molecule has 0 aromatic carbocycles. The van der Waals surface area contributed by atoms with E-state index < -0.39 is 5.41 Å². The molecule has 4 N–H and O–H groups in total. The minimum absolute atomic E-state index is 0.162. The van der Waals surface area contributed by atoms with Crippen molar-refractivity contribution in [2.75, 3.05) is 0 Å². The average Bonchev–Trinajstić information content (AvgIpc) is 2.22. The van der Waals surface area contributed by atoms with Gasteiger partial charge >= 0.3 is 0 Å². The van der Waals surface area contributed by atoms with Crippen LogP contribution in [-0.4, -0.2) is 16.4 Å². The minimum Gasteiger partial charge on any atom is -0.395 e. The standard InChI is InChI=1S/C10H17ClN6/c1-6(2)14-17-15-8(10(3,4)5-12)7(13)9(11)16-17/h6,14-15H,13H2,1-4H3. The van der Waals surface area contributed by atoms with Crippen molar-refractivity contribution in [1.29, 1.82) is 5.26 Å². The monoisotopic (exact) mass is 256 g/mol. The minimum atomic E-state index is -0.767. The van der Waals surface area contributed by atoms with Crippen molar-refractivity contribution in [3.05, 3.63) is 11.4 Å². The Morgan fingerprint density at radius 2 is 2.18 bits per heavy atom. The Labute approximate surface area is 106 Å². The van der Waals surface area contributed by atoms with E-state index in [1.54, 1.807) is 13.8 Å². The van der Waals surface area contributed by atoms with Crippen molar-refractivity contribution in [1.82, 2.24) is 16.1 Å². The zero-order chi connectivity index (χ0) is 13.2. The summed E-state index contributed by atoms with van der Waals surface area (Å²) in [7, 11) is 0. The van der Waals surface area contributed by atoms with Crippen molar-refractivity contribution in [2.24, 2.45) is 16.3 Å². The number of hydrazine groups is 2. The highest BCUT2D eigenvalue weighted by Crippen LogP contribution is 2.27. The average molecular weight is 257 g/mol. The lowest BCUT2D eigenvalue weighted by Crippen LogP contribution is -2.52. The normalized spacial score (nSPS) is 16.8. The molecule has 0 atom stereocenters. The topological polar surface area (TPSA) is 89.5 Å². The first-order valence-corrected chi connectivity index (χ1v) is 5.64. The molecule has 0 aliphatic carbocycles. The summed E-state index contributed by atoms with van der Waals surface area (Å²) < 4.78 is 0. The molecule has 0 amide bonds. The second-order valence-electron chi connectivity index (χ2n) is 4.62. The molecule has 0 fully saturated rings. The number of nitriles is 1. The smallest absolute Gasteiger partial charge is 0.177 e. The summed E-state index contributed by atoms with van der Waals surface area (Å²) >= 11 is 5.94. The van der Waals surface area contributed by atoms with Gasteiger partial charge in [-0.05, 0) is 27.7 Å². The van der Waals surface area contributed by atoms with Crippen LogP contribution >= 0.6 is 11.6 Å². The Hall–Kier alpha value is -1.45. The Kier molecular flexibility index (Phi) is 3.86. The van der Waals surface area contributed by atoms with Crippen LogP contribution in [0.5, 0.6) is 0 Å². The summed E-state index contributed by atoms with van der Waals surface area (Å²) in [6.07, 6.45) is 0. The maximum Gasteiger partial charge on any atom is 0.177 e. The van der Waals surface area contributed by atoms with E-state index in [-0.39, 0.29) is 11.2 Å². The molecule has 0 aromatic heterocycles. The molecule has 1 aliphatic rings. The van der Waals surface area contributed by atoms with E-state index in [1.165, 1.54) is 5.23 Å². The molecule has 6 nitrogen and oxygen atoms in total. The summed E-state index contributed by atoms with van der Waals surface area (Å²) in [5, 5.41) is 14.7. The van der Waals surface area contributed by atoms with E-state index in [4.69, 9.17) is 22.6 Å². The number of nitrogens with zero attached hydrogens (tertiary/aromatic N) is 3. The molecule has 0 radical (unpaired) electrons. The summed E-state index contributed by atoms with van der Waals surface area (Å²) in [6, 6.07) is 2.34. The van der Waals surface area contributed by atoms with E-state index in [2.05, 4.69) is 22.0 Å². The van der Waals surface area contributed by atoms with Crippen LogP contribution in [0.25, 0.3) is 0 Å². The third-order valence-corrected chi connectivity index (χ3v) is 2.46. The first kappa shape index (κ1) is 13.6. The summed E-state index contributed by atoms with van der Waals surface area (Å²) in [4.78, 5) is 0. The molecule has 17 heavy (non-hydrogen) atoms. The molecule has 0 saturated carbocycles. The van der Waals surface area contributed by atoms with Crippen LogP contribution < -0.4 is 16.6 Å². The summed E-state index contributed by atoms with van der Waals surface area (Å²) in [5.74, 6) is 0. The third-order valence-electron chi connectivity index (χ3n) is 2.18. The Morgan fingerprint density at radius 1 is 1.59 bits per heavy atom. The highest BCUT2D eigenvalue weighted by atomic mass is 35.5. The molecular formula is C10H17ClN6. The van der Waals surface area contributed by atoms with Gasteiger partial charge in [-0.2, -0.15) is 10.7 Å². The van der Waals surface area contributed by atoms with E-state index in [9.17, 15) is 0 Å². The molecule has 0 spiro atoms. The van der Waals surface area contributed by atoms with Gasteiger partial charge < -0.3 is 5.73 Å². The molecule has 0 aromatic rings. The van der Waals surface area contributed by atoms with E-state index >= 15 is 0 Å². The number of nitrogens with one attached hydrogen (secondary N) is 2. The molecule has 0 unspecified atom stereocenters. The number of rotatable bonds is 3. The number of nitrogens with two attached hydrogens (primary N) is 1. The predicted molar refractivity (Wildman–Crippen MR) is 67.1 cm³/mol. The second-order valence-corrected chi connectivity index (χ2v) is 4.98. The van der Waals surface area contributed by atoms with Crippen molar-refractivity contribution in [3.8, 4) is 6.07 Å². The van der Waals surface area contributed by atoms with Crippen LogP contribution in [0.2, 0.25) is 0 Å². The lowest BCUT2D eigenvalue weighted by atomic mass is 9.90. The van der Waals surface area contributed by atoms with Gasteiger partial charge in [-0.25, -0.2) is 0 Å². The van der Waals surface area contributed by atoms with Gasteiger partial charge in [0.2, 0.25) is 0 Å². The van der Waals surface area contributed by atoms with Gasteiger partial charge in [-0.15, -0.1) is 10.3 Å². The maximum absolute atomic E-state index is 9.12. The molecule has 1 aliphatic heterocycles. The largest absolute Gasteiger partial charge is 0.395 e. The summed E-state index contributed by atoms with van der Waals surface area (Å²) in [5.41, 5.74) is 11.8. The lowest BCUT2D eigenvalue weighted by molar-refractivity contribution is 0.108. The zero-order valence-corrected chi connectivity index (χ0v) is 11.1. The van der Waals surface area contributed by atoms with Crippen molar-refractivity contribution in [2.45, 2.75) is 33.7 Å². The van der Waals surface area contributed by atoms with Crippen molar-refractivity contribution >= 4 is 16.8 Å². The molecule has 1 heterocycles. The van der Waals surface area contributed by atoms with Crippen molar-refractivity contribution < 1.29 is 0 Å². The Bertz CT molecular complexity index is 404. The Morgan fingerprint density at radius 3 is 2.65 bits per heavy atom. The lowest BCUT2D eigenvalue weighted by Gasteiger charge is -2.33. The molecule has 94 valence electrons. The Balaban J connectivity index is 3.02. The van der Waals surface area contributed by atoms with Crippen LogP contribution in [0.4, 0.5) is 0 Å². The van der Waals surface area contributed by atoms with Crippen LogP contribution in [0.15, 0.2) is 16.5 Å². The first-order valence-electron chi connectivity index (χ1n) is 5.27. The van der Waals surface area contributed by atoms with Gasteiger partial charge in [-0.3, -0.25) is 5.43 Å². The van der Waals surface area contributed by atoms with Crippen LogP contribution in [0.3, 0.4) is 0 Å². The number of allylic oxidation sites excluding steroid dienone is 2. The molecular weight excluding hydrogens is 240 g/mol. The van der Waals surface area contributed by atoms with E-state index in [0.29, 0.717) is 11.4 Å². The second kappa shape index (κ2) is 4.82. The molecule has 7 heteroatoms. The fourth-order valence-corrected chi connectivity index (χ4v) is 1.44.